The molecule has 1 N–H and O–H groups in total. The molecule has 1 amide bonds. The third kappa shape index (κ3) is 5.85. The molecule has 0 spiro atoms. The third-order valence-corrected chi connectivity index (χ3v) is 5.30. The van der Waals surface area contributed by atoms with Crippen molar-refractivity contribution in [2.45, 2.75) is 6.54 Å². The van der Waals surface area contributed by atoms with E-state index in [-0.39, 0.29) is 24.3 Å². The van der Waals surface area contributed by atoms with E-state index in [1.54, 1.807) is 0 Å². The van der Waals surface area contributed by atoms with E-state index in [9.17, 15) is 13.2 Å². The van der Waals surface area contributed by atoms with Gasteiger partial charge in [-0.3, -0.25) is 9.10 Å². The number of ether oxygens (including phenoxy) is 3. The second kappa shape index (κ2) is 10.1. The van der Waals surface area contributed by atoms with E-state index in [0.29, 0.717) is 18.1 Å². The first kappa shape index (κ1) is 22.5. The highest BCUT2D eigenvalue weighted by Crippen LogP contribution is 2.36. The maximum absolute atomic E-state index is 12.8. The molecule has 0 aliphatic rings. The molecule has 0 saturated carbocycles. The Morgan fingerprint density at radius 2 is 1.66 bits per heavy atom. The molecule has 0 heterocycles. The van der Waals surface area contributed by atoms with Gasteiger partial charge in [-0.1, -0.05) is 30.3 Å². The van der Waals surface area contributed by atoms with E-state index < -0.39 is 15.9 Å². The molecule has 158 valence electrons. The number of amides is 1. The minimum Gasteiger partial charge on any atom is -0.493 e. The molecule has 2 rings (SSSR count). The van der Waals surface area contributed by atoms with Crippen molar-refractivity contribution < 1.29 is 27.4 Å². The molecular weight excluding hydrogens is 396 g/mol. The van der Waals surface area contributed by atoms with Gasteiger partial charge in [0.25, 0.3) is 5.91 Å². The van der Waals surface area contributed by atoms with E-state index in [2.05, 4.69) is 5.32 Å². The predicted octanol–water partition coefficient (Wildman–Crippen LogP) is 2.05. The number of sulfonamides is 1. The molecule has 8 nitrogen and oxygen atoms in total. The summed E-state index contributed by atoms with van der Waals surface area (Å²) in [5.74, 6) is 0.193. The lowest BCUT2D eigenvalue weighted by molar-refractivity contribution is 0.0937. The summed E-state index contributed by atoms with van der Waals surface area (Å²) < 4.78 is 42.0. The van der Waals surface area contributed by atoms with Crippen LogP contribution in [0.4, 0.5) is 5.69 Å². The van der Waals surface area contributed by atoms with Crippen molar-refractivity contribution in [3.05, 3.63) is 53.6 Å². The monoisotopic (exact) mass is 422 g/mol. The minimum absolute atomic E-state index is 0.0630. The zero-order valence-corrected chi connectivity index (χ0v) is 17.8. The molecular formula is C20H26N2O6S. The molecule has 0 aromatic heterocycles. The number of nitrogens with zero attached hydrogens (tertiary/aromatic N) is 1. The molecule has 2 aromatic carbocycles. The summed E-state index contributed by atoms with van der Waals surface area (Å²) in [7, 11) is 0.711. The Bertz CT molecular complexity index is 931. The lowest BCUT2D eigenvalue weighted by Crippen LogP contribution is -2.33. The fourth-order valence-electron chi connectivity index (χ4n) is 2.75. The summed E-state index contributed by atoms with van der Waals surface area (Å²) in [6, 6.07) is 12.1. The topological polar surface area (TPSA) is 94.2 Å². The van der Waals surface area contributed by atoms with E-state index >= 15 is 0 Å². The largest absolute Gasteiger partial charge is 0.493 e. The molecule has 0 aliphatic carbocycles. The first-order chi connectivity index (χ1) is 13.8. The Kier molecular flexibility index (Phi) is 7.86. The lowest BCUT2D eigenvalue weighted by Gasteiger charge is -2.26. The minimum atomic E-state index is -3.71. The molecule has 0 aliphatic heterocycles. The molecule has 0 atom stereocenters. The van der Waals surface area contributed by atoms with E-state index in [4.69, 9.17) is 14.2 Å². The summed E-state index contributed by atoms with van der Waals surface area (Å²) in [5.41, 5.74) is 1.13. The van der Waals surface area contributed by atoms with Gasteiger partial charge in [-0.05, 0) is 11.6 Å². The molecule has 0 radical (unpaired) electrons. The maximum Gasteiger partial charge on any atom is 0.253 e. The maximum atomic E-state index is 12.8. The average molecular weight is 423 g/mol. The van der Waals surface area contributed by atoms with Crippen molar-refractivity contribution in [1.29, 1.82) is 0 Å². The van der Waals surface area contributed by atoms with Crippen molar-refractivity contribution in [3.8, 4) is 11.5 Å². The number of benzene rings is 2. The summed E-state index contributed by atoms with van der Waals surface area (Å²) in [6.45, 7) is 0.669. The number of rotatable bonds is 10. The molecule has 0 bridgehead atoms. The smallest absolute Gasteiger partial charge is 0.253 e. The van der Waals surface area contributed by atoms with Gasteiger partial charge in [-0.2, -0.15) is 0 Å². The second-order valence-corrected chi connectivity index (χ2v) is 8.14. The number of carbonyl (C=O) groups excluding carboxylic acids is 1. The fourth-order valence-corrected chi connectivity index (χ4v) is 3.64. The van der Waals surface area contributed by atoms with Gasteiger partial charge >= 0.3 is 0 Å². The van der Waals surface area contributed by atoms with Crippen LogP contribution in [-0.4, -0.2) is 55.1 Å². The van der Waals surface area contributed by atoms with Crippen LogP contribution in [0.1, 0.15) is 15.9 Å². The van der Waals surface area contributed by atoms with Crippen LogP contribution < -0.4 is 19.1 Å². The van der Waals surface area contributed by atoms with E-state index in [1.807, 2.05) is 30.3 Å². The van der Waals surface area contributed by atoms with Gasteiger partial charge in [-0.15, -0.1) is 0 Å². The van der Waals surface area contributed by atoms with Crippen LogP contribution >= 0.6 is 0 Å². The van der Waals surface area contributed by atoms with Crippen molar-refractivity contribution in [2.24, 2.45) is 0 Å². The highest BCUT2D eigenvalue weighted by Gasteiger charge is 2.26. The third-order valence-electron chi connectivity index (χ3n) is 4.18. The van der Waals surface area contributed by atoms with Crippen LogP contribution in [0.25, 0.3) is 0 Å². The highest BCUT2D eigenvalue weighted by molar-refractivity contribution is 7.92. The van der Waals surface area contributed by atoms with Gasteiger partial charge in [0.1, 0.15) is 0 Å². The van der Waals surface area contributed by atoms with Gasteiger partial charge in [0.05, 0.1) is 44.9 Å². The first-order valence-corrected chi connectivity index (χ1v) is 10.7. The Balaban J connectivity index is 2.59. The van der Waals surface area contributed by atoms with Gasteiger partial charge in [0.2, 0.25) is 10.0 Å². The number of anilines is 1. The summed E-state index contributed by atoms with van der Waals surface area (Å²) >= 11 is 0. The SMILES string of the molecule is COCCNC(=O)c1cc(OC)c(OC)cc1N(Cc1ccccc1)S(C)(=O)=O. The van der Waals surface area contributed by atoms with Crippen LogP contribution in [0.15, 0.2) is 42.5 Å². The Morgan fingerprint density at radius 3 is 2.21 bits per heavy atom. The second-order valence-electron chi connectivity index (χ2n) is 6.23. The van der Waals surface area contributed by atoms with Gasteiger partial charge in [-0.25, -0.2) is 8.42 Å². The van der Waals surface area contributed by atoms with Crippen LogP contribution in [0.5, 0.6) is 11.5 Å². The average Bonchev–Trinajstić information content (AvgIpc) is 2.71. The lowest BCUT2D eigenvalue weighted by atomic mass is 10.1. The van der Waals surface area contributed by atoms with Crippen LogP contribution in [0.3, 0.4) is 0 Å². The highest BCUT2D eigenvalue weighted by atomic mass is 32.2. The first-order valence-electron chi connectivity index (χ1n) is 8.86. The number of hydrogen-bond acceptors (Lipinski definition) is 6. The number of nitrogens with one attached hydrogen (secondary N) is 1. The summed E-state index contributed by atoms with van der Waals surface area (Å²) in [4.78, 5) is 12.8. The summed E-state index contributed by atoms with van der Waals surface area (Å²) in [6.07, 6.45) is 1.10. The zero-order chi connectivity index (χ0) is 21.4. The number of carbonyl (C=O) groups is 1. The number of hydrogen-bond donors (Lipinski definition) is 1. The van der Waals surface area contributed by atoms with Crippen LogP contribution in [0, 0.1) is 0 Å². The standard InChI is InChI=1S/C20H26N2O6S/c1-26-11-10-21-20(23)16-12-18(27-2)19(28-3)13-17(16)22(29(4,24)25)14-15-8-6-5-7-9-15/h5-9,12-13H,10-11,14H2,1-4H3,(H,21,23). The van der Waals surface area contributed by atoms with Gasteiger partial charge < -0.3 is 19.5 Å². The Morgan fingerprint density at radius 1 is 1.03 bits per heavy atom. The molecule has 9 heteroatoms. The quantitative estimate of drug-likeness (QED) is 0.589. The van der Waals surface area contributed by atoms with E-state index in [0.717, 1.165) is 11.8 Å². The predicted molar refractivity (Wildman–Crippen MR) is 111 cm³/mol. The van der Waals surface area contributed by atoms with Crippen molar-refractivity contribution in [2.75, 3.05) is 45.0 Å². The molecule has 0 fully saturated rings. The Labute approximate surface area is 171 Å². The summed E-state index contributed by atoms with van der Waals surface area (Å²) in [5, 5.41) is 2.72. The Hall–Kier alpha value is -2.78. The van der Waals surface area contributed by atoms with Crippen molar-refractivity contribution in [3.63, 3.8) is 0 Å². The van der Waals surface area contributed by atoms with Crippen molar-refractivity contribution in [1.82, 2.24) is 5.32 Å². The molecule has 0 saturated heterocycles. The molecule has 2 aromatic rings. The molecule has 29 heavy (non-hydrogen) atoms. The van der Waals surface area contributed by atoms with Crippen molar-refractivity contribution >= 4 is 21.6 Å². The van der Waals surface area contributed by atoms with Crippen LogP contribution in [-0.2, 0) is 21.3 Å². The molecule has 0 unspecified atom stereocenters. The van der Waals surface area contributed by atoms with Crippen LogP contribution in [0.2, 0.25) is 0 Å². The van der Waals surface area contributed by atoms with Gasteiger partial charge in [0.15, 0.2) is 11.5 Å². The fraction of sp³-hybridized carbons (Fsp3) is 0.350. The van der Waals surface area contributed by atoms with Gasteiger partial charge in [0, 0.05) is 19.7 Å². The normalized spacial score (nSPS) is 11.0. The zero-order valence-electron chi connectivity index (χ0n) is 17.0. The number of methoxy groups -OCH3 is 3. The van der Waals surface area contributed by atoms with E-state index in [1.165, 1.54) is 37.8 Å².